The van der Waals surface area contributed by atoms with Gasteiger partial charge in [-0.15, -0.1) is 11.3 Å². The van der Waals surface area contributed by atoms with Crippen molar-refractivity contribution in [3.8, 4) is 0 Å². The Hall–Kier alpha value is -1.85. The Morgan fingerprint density at radius 1 is 1.17 bits per heavy atom. The first-order valence-corrected chi connectivity index (χ1v) is 9.31. The maximum atomic E-state index is 12.2. The Morgan fingerprint density at radius 3 is 2.70 bits per heavy atom. The van der Waals surface area contributed by atoms with Crippen molar-refractivity contribution in [2.45, 2.75) is 24.1 Å². The van der Waals surface area contributed by atoms with E-state index in [9.17, 15) is 4.79 Å². The molecule has 0 aliphatic heterocycles. The highest BCUT2D eigenvalue weighted by atomic mass is 32.2. The van der Waals surface area contributed by atoms with Crippen molar-refractivity contribution in [1.29, 1.82) is 0 Å². The smallest absolute Gasteiger partial charge is 0.234 e. The number of fused-ring (bicyclic) bond motifs is 1. The normalized spacial score (nSPS) is 11.1. The van der Waals surface area contributed by atoms with Gasteiger partial charge in [-0.3, -0.25) is 4.79 Å². The van der Waals surface area contributed by atoms with E-state index < -0.39 is 0 Å². The lowest BCUT2D eigenvalue weighted by atomic mass is 10.0. The van der Waals surface area contributed by atoms with Gasteiger partial charge in [0, 0.05) is 5.69 Å². The van der Waals surface area contributed by atoms with Crippen LogP contribution in [0.2, 0.25) is 0 Å². The zero-order valence-electron chi connectivity index (χ0n) is 13.1. The molecule has 2 aromatic carbocycles. The predicted molar refractivity (Wildman–Crippen MR) is 99.5 cm³/mol. The van der Waals surface area contributed by atoms with E-state index in [0.29, 0.717) is 11.7 Å². The van der Waals surface area contributed by atoms with Gasteiger partial charge in [-0.1, -0.05) is 55.9 Å². The van der Waals surface area contributed by atoms with Gasteiger partial charge in [0.1, 0.15) is 0 Å². The van der Waals surface area contributed by atoms with Crippen LogP contribution >= 0.6 is 23.1 Å². The number of hydrogen-bond donors (Lipinski definition) is 1. The van der Waals surface area contributed by atoms with Gasteiger partial charge < -0.3 is 5.32 Å². The molecule has 0 saturated carbocycles. The summed E-state index contributed by atoms with van der Waals surface area (Å²) in [5.74, 6) is 0.748. The van der Waals surface area contributed by atoms with E-state index in [1.807, 2.05) is 36.4 Å². The maximum Gasteiger partial charge on any atom is 0.234 e. The van der Waals surface area contributed by atoms with Crippen LogP contribution in [0.3, 0.4) is 0 Å². The number of benzene rings is 2. The molecule has 3 nitrogen and oxygen atoms in total. The SMILES string of the molecule is CC(C)c1ccccc1NC(=O)CSc1nc2ccccc2s1. The van der Waals surface area contributed by atoms with Crippen LogP contribution in [-0.2, 0) is 4.79 Å². The minimum absolute atomic E-state index is 0.00218. The number of hydrogen-bond acceptors (Lipinski definition) is 4. The monoisotopic (exact) mass is 342 g/mol. The van der Waals surface area contributed by atoms with Gasteiger partial charge in [-0.2, -0.15) is 0 Å². The second-order valence-electron chi connectivity index (χ2n) is 5.53. The zero-order valence-corrected chi connectivity index (χ0v) is 14.7. The van der Waals surface area contributed by atoms with Crippen LogP contribution in [-0.4, -0.2) is 16.6 Å². The van der Waals surface area contributed by atoms with Crippen LogP contribution < -0.4 is 5.32 Å². The molecule has 0 saturated heterocycles. The maximum absolute atomic E-state index is 12.2. The fourth-order valence-electron chi connectivity index (χ4n) is 2.34. The largest absolute Gasteiger partial charge is 0.325 e. The van der Waals surface area contributed by atoms with Crippen LogP contribution in [0, 0.1) is 0 Å². The number of aromatic nitrogens is 1. The van der Waals surface area contributed by atoms with E-state index in [-0.39, 0.29) is 5.91 Å². The average Bonchev–Trinajstić information content (AvgIpc) is 2.96. The Labute approximate surface area is 144 Å². The third kappa shape index (κ3) is 3.92. The molecular formula is C18H18N2OS2. The lowest BCUT2D eigenvalue weighted by Gasteiger charge is -2.13. The van der Waals surface area contributed by atoms with Crippen LogP contribution in [0.25, 0.3) is 10.2 Å². The van der Waals surface area contributed by atoms with Gasteiger partial charge in [0.05, 0.1) is 16.0 Å². The number of anilines is 1. The van der Waals surface area contributed by atoms with E-state index in [1.165, 1.54) is 11.8 Å². The molecular weight excluding hydrogens is 324 g/mol. The first-order chi connectivity index (χ1) is 11.1. The van der Waals surface area contributed by atoms with E-state index in [1.54, 1.807) is 11.3 Å². The molecule has 1 aromatic heterocycles. The van der Waals surface area contributed by atoms with Crippen LogP contribution in [0.15, 0.2) is 52.9 Å². The lowest BCUT2D eigenvalue weighted by molar-refractivity contribution is -0.113. The fraction of sp³-hybridized carbons (Fsp3) is 0.222. The van der Waals surface area contributed by atoms with Gasteiger partial charge in [0.2, 0.25) is 5.91 Å². The summed E-state index contributed by atoms with van der Waals surface area (Å²) in [5, 5.41) is 3.01. The summed E-state index contributed by atoms with van der Waals surface area (Å²) < 4.78 is 2.08. The second-order valence-corrected chi connectivity index (χ2v) is 7.78. The van der Waals surface area contributed by atoms with E-state index in [4.69, 9.17) is 0 Å². The first-order valence-electron chi connectivity index (χ1n) is 7.50. The van der Waals surface area contributed by atoms with Gasteiger partial charge in [0.15, 0.2) is 4.34 Å². The summed E-state index contributed by atoms with van der Waals surface area (Å²) in [7, 11) is 0. The number of rotatable bonds is 5. The van der Waals surface area contributed by atoms with E-state index in [0.717, 1.165) is 25.8 Å². The Morgan fingerprint density at radius 2 is 1.91 bits per heavy atom. The molecule has 3 aromatic rings. The molecule has 1 amide bonds. The molecule has 0 fully saturated rings. The molecule has 0 spiro atoms. The fourth-order valence-corrected chi connectivity index (χ4v) is 4.21. The van der Waals surface area contributed by atoms with Crippen LogP contribution in [0.1, 0.15) is 25.3 Å². The molecule has 0 aliphatic rings. The molecule has 1 heterocycles. The van der Waals surface area contributed by atoms with Crippen molar-refractivity contribution >= 4 is 44.9 Å². The van der Waals surface area contributed by atoms with Gasteiger partial charge in [-0.05, 0) is 29.7 Å². The number of thioether (sulfide) groups is 1. The number of carbonyl (C=O) groups is 1. The van der Waals surface area contributed by atoms with E-state index in [2.05, 4.69) is 36.3 Å². The number of amides is 1. The second kappa shape index (κ2) is 7.15. The Kier molecular flexibility index (Phi) is 4.98. The highest BCUT2D eigenvalue weighted by molar-refractivity contribution is 8.01. The molecule has 0 atom stereocenters. The van der Waals surface area contributed by atoms with Gasteiger partial charge >= 0.3 is 0 Å². The van der Waals surface area contributed by atoms with E-state index >= 15 is 0 Å². The molecule has 0 aliphatic carbocycles. The minimum Gasteiger partial charge on any atom is -0.325 e. The van der Waals surface area contributed by atoms with Crippen molar-refractivity contribution in [2.24, 2.45) is 0 Å². The molecule has 0 unspecified atom stereocenters. The minimum atomic E-state index is 0.00218. The highest BCUT2D eigenvalue weighted by Gasteiger charge is 2.11. The zero-order chi connectivity index (χ0) is 16.2. The Balaban J connectivity index is 1.64. The summed E-state index contributed by atoms with van der Waals surface area (Å²) in [6.07, 6.45) is 0. The molecule has 118 valence electrons. The predicted octanol–water partition coefficient (Wildman–Crippen LogP) is 5.15. The molecule has 3 rings (SSSR count). The molecule has 23 heavy (non-hydrogen) atoms. The quantitative estimate of drug-likeness (QED) is 0.652. The number of nitrogens with one attached hydrogen (secondary N) is 1. The summed E-state index contributed by atoms with van der Waals surface area (Å²) in [4.78, 5) is 16.8. The number of nitrogens with zero attached hydrogens (tertiary/aromatic N) is 1. The molecule has 1 N–H and O–H groups in total. The van der Waals surface area contributed by atoms with Crippen molar-refractivity contribution in [3.05, 3.63) is 54.1 Å². The summed E-state index contributed by atoms with van der Waals surface area (Å²) in [5.41, 5.74) is 3.05. The first kappa shape index (κ1) is 16.0. The average molecular weight is 342 g/mol. The number of carbonyl (C=O) groups excluding carboxylic acids is 1. The molecule has 5 heteroatoms. The molecule has 0 radical (unpaired) electrons. The van der Waals surface area contributed by atoms with Crippen molar-refractivity contribution in [2.75, 3.05) is 11.1 Å². The summed E-state index contributed by atoms with van der Waals surface area (Å²) in [6, 6.07) is 16.0. The standard InChI is InChI=1S/C18H18N2OS2/c1-12(2)13-7-3-4-8-14(13)19-17(21)11-22-18-20-15-9-5-6-10-16(15)23-18/h3-10,12H,11H2,1-2H3,(H,19,21). The summed E-state index contributed by atoms with van der Waals surface area (Å²) in [6.45, 7) is 4.25. The summed E-state index contributed by atoms with van der Waals surface area (Å²) >= 11 is 3.11. The number of thiazole rings is 1. The van der Waals surface area contributed by atoms with Crippen molar-refractivity contribution in [3.63, 3.8) is 0 Å². The van der Waals surface area contributed by atoms with Gasteiger partial charge in [0.25, 0.3) is 0 Å². The number of para-hydroxylation sites is 2. The highest BCUT2D eigenvalue weighted by Crippen LogP contribution is 2.29. The van der Waals surface area contributed by atoms with Crippen molar-refractivity contribution < 1.29 is 4.79 Å². The Bertz CT molecular complexity index is 794. The van der Waals surface area contributed by atoms with Crippen molar-refractivity contribution in [1.82, 2.24) is 4.98 Å². The molecule has 0 bridgehead atoms. The lowest BCUT2D eigenvalue weighted by Crippen LogP contribution is -2.15. The topological polar surface area (TPSA) is 42.0 Å². The van der Waals surface area contributed by atoms with Crippen LogP contribution in [0.4, 0.5) is 5.69 Å². The van der Waals surface area contributed by atoms with Crippen LogP contribution in [0.5, 0.6) is 0 Å². The third-order valence-corrected chi connectivity index (χ3v) is 5.64. The third-order valence-electron chi connectivity index (χ3n) is 3.46. The van der Waals surface area contributed by atoms with Gasteiger partial charge in [-0.25, -0.2) is 4.98 Å².